The molecule has 3 heteroatoms. The number of benzene rings is 1. The van der Waals surface area contributed by atoms with Crippen molar-refractivity contribution in [2.24, 2.45) is 0 Å². The highest BCUT2D eigenvalue weighted by atomic mass is 35.5. The molecule has 1 aromatic rings. The van der Waals surface area contributed by atoms with Crippen LogP contribution in [0.2, 0.25) is 5.02 Å². The van der Waals surface area contributed by atoms with Crippen LogP contribution in [-0.2, 0) is 4.74 Å². The molecule has 72 valence electrons. The SMILES string of the molecule is COCCC(O)c1ccc(Cl)cc1. The van der Waals surface area contributed by atoms with Crippen LogP contribution in [0.3, 0.4) is 0 Å². The molecule has 0 aliphatic carbocycles. The average Bonchev–Trinajstić information content (AvgIpc) is 2.15. The fourth-order valence-corrected chi connectivity index (χ4v) is 1.21. The quantitative estimate of drug-likeness (QED) is 0.809. The highest BCUT2D eigenvalue weighted by Gasteiger charge is 2.05. The van der Waals surface area contributed by atoms with Gasteiger partial charge in [0.2, 0.25) is 0 Å². The second kappa shape index (κ2) is 5.22. The third kappa shape index (κ3) is 3.35. The Balaban J connectivity index is 2.55. The maximum atomic E-state index is 9.62. The van der Waals surface area contributed by atoms with Crippen molar-refractivity contribution in [3.05, 3.63) is 34.9 Å². The fraction of sp³-hybridized carbons (Fsp3) is 0.400. The van der Waals surface area contributed by atoms with Gasteiger partial charge in [-0.1, -0.05) is 23.7 Å². The minimum absolute atomic E-state index is 0.461. The minimum atomic E-state index is -0.461. The number of methoxy groups -OCH3 is 1. The van der Waals surface area contributed by atoms with E-state index in [9.17, 15) is 5.11 Å². The zero-order valence-corrected chi connectivity index (χ0v) is 8.29. The molecule has 1 atom stereocenters. The maximum absolute atomic E-state index is 9.62. The van der Waals surface area contributed by atoms with Gasteiger partial charge in [0.25, 0.3) is 0 Å². The summed E-state index contributed by atoms with van der Waals surface area (Å²) >= 11 is 5.71. The van der Waals surface area contributed by atoms with Gasteiger partial charge < -0.3 is 9.84 Å². The largest absolute Gasteiger partial charge is 0.388 e. The van der Waals surface area contributed by atoms with Crippen molar-refractivity contribution < 1.29 is 9.84 Å². The Kier molecular flexibility index (Phi) is 4.22. The predicted octanol–water partition coefficient (Wildman–Crippen LogP) is 2.41. The number of halogens is 1. The van der Waals surface area contributed by atoms with Crippen LogP contribution in [0.5, 0.6) is 0 Å². The number of ether oxygens (including phenoxy) is 1. The summed E-state index contributed by atoms with van der Waals surface area (Å²) in [5, 5.41) is 10.3. The van der Waals surface area contributed by atoms with Gasteiger partial charge in [-0.15, -0.1) is 0 Å². The molecule has 0 saturated carbocycles. The zero-order valence-electron chi connectivity index (χ0n) is 7.53. The number of hydrogen-bond acceptors (Lipinski definition) is 2. The Bertz CT molecular complexity index is 246. The van der Waals surface area contributed by atoms with Gasteiger partial charge in [0.15, 0.2) is 0 Å². The van der Waals surface area contributed by atoms with Crippen molar-refractivity contribution in [1.29, 1.82) is 0 Å². The monoisotopic (exact) mass is 200 g/mol. The van der Waals surface area contributed by atoms with E-state index in [4.69, 9.17) is 16.3 Å². The van der Waals surface area contributed by atoms with E-state index in [-0.39, 0.29) is 0 Å². The van der Waals surface area contributed by atoms with Crippen LogP contribution in [0.15, 0.2) is 24.3 Å². The summed E-state index contributed by atoms with van der Waals surface area (Å²) in [4.78, 5) is 0. The molecular formula is C10H13ClO2. The molecule has 0 radical (unpaired) electrons. The van der Waals surface area contributed by atoms with Crippen LogP contribution in [0.25, 0.3) is 0 Å². The summed E-state index contributed by atoms with van der Waals surface area (Å²) in [6.07, 6.45) is 0.148. The van der Waals surface area contributed by atoms with Crippen molar-refractivity contribution in [2.45, 2.75) is 12.5 Å². The highest BCUT2D eigenvalue weighted by molar-refractivity contribution is 6.30. The molecular weight excluding hydrogens is 188 g/mol. The Labute approximate surface area is 83.1 Å². The highest BCUT2D eigenvalue weighted by Crippen LogP contribution is 2.18. The first-order valence-corrected chi connectivity index (χ1v) is 4.54. The van der Waals surface area contributed by atoms with Gasteiger partial charge in [0.1, 0.15) is 0 Å². The standard InChI is InChI=1S/C10H13ClO2/c1-13-7-6-10(12)8-2-4-9(11)5-3-8/h2-5,10,12H,6-7H2,1H3. The van der Waals surface area contributed by atoms with Gasteiger partial charge in [-0.3, -0.25) is 0 Å². The molecule has 0 heterocycles. The van der Waals surface area contributed by atoms with Crippen molar-refractivity contribution in [3.8, 4) is 0 Å². The first kappa shape index (κ1) is 10.5. The molecule has 2 nitrogen and oxygen atoms in total. The third-order valence-electron chi connectivity index (χ3n) is 1.85. The Hall–Kier alpha value is -0.570. The van der Waals surface area contributed by atoms with Crippen molar-refractivity contribution >= 4 is 11.6 Å². The number of rotatable bonds is 4. The van der Waals surface area contributed by atoms with E-state index in [0.717, 1.165) is 5.56 Å². The van der Waals surface area contributed by atoms with Gasteiger partial charge in [0.05, 0.1) is 6.10 Å². The number of hydrogen-bond donors (Lipinski definition) is 1. The molecule has 0 spiro atoms. The smallest absolute Gasteiger partial charge is 0.0812 e. The van der Waals surface area contributed by atoms with Crippen molar-refractivity contribution in [1.82, 2.24) is 0 Å². The van der Waals surface area contributed by atoms with Crippen LogP contribution in [0.1, 0.15) is 18.1 Å². The second-order valence-electron chi connectivity index (χ2n) is 2.85. The fourth-order valence-electron chi connectivity index (χ4n) is 1.08. The van der Waals surface area contributed by atoms with Gasteiger partial charge in [-0.05, 0) is 17.7 Å². The molecule has 0 saturated heterocycles. The lowest BCUT2D eigenvalue weighted by molar-refractivity contribution is 0.110. The average molecular weight is 201 g/mol. The lowest BCUT2D eigenvalue weighted by atomic mass is 10.1. The summed E-state index contributed by atoms with van der Waals surface area (Å²) in [7, 11) is 1.62. The predicted molar refractivity (Wildman–Crippen MR) is 52.9 cm³/mol. The van der Waals surface area contributed by atoms with Crippen molar-refractivity contribution in [2.75, 3.05) is 13.7 Å². The molecule has 0 amide bonds. The molecule has 0 bridgehead atoms. The topological polar surface area (TPSA) is 29.5 Å². The summed E-state index contributed by atoms with van der Waals surface area (Å²) in [5.74, 6) is 0. The lowest BCUT2D eigenvalue weighted by Crippen LogP contribution is -2.01. The second-order valence-corrected chi connectivity index (χ2v) is 3.29. The van der Waals surface area contributed by atoms with Gasteiger partial charge >= 0.3 is 0 Å². The van der Waals surface area contributed by atoms with E-state index in [1.807, 2.05) is 12.1 Å². The van der Waals surface area contributed by atoms with E-state index in [0.29, 0.717) is 18.1 Å². The van der Waals surface area contributed by atoms with E-state index in [1.54, 1.807) is 19.2 Å². The van der Waals surface area contributed by atoms with Crippen LogP contribution < -0.4 is 0 Å². The summed E-state index contributed by atoms with van der Waals surface area (Å²) < 4.78 is 4.87. The van der Waals surface area contributed by atoms with E-state index < -0.39 is 6.10 Å². The van der Waals surface area contributed by atoms with Crippen molar-refractivity contribution in [3.63, 3.8) is 0 Å². The van der Waals surface area contributed by atoms with Crippen LogP contribution in [0.4, 0.5) is 0 Å². The number of aliphatic hydroxyl groups excluding tert-OH is 1. The molecule has 13 heavy (non-hydrogen) atoms. The maximum Gasteiger partial charge on any atom is 0.0812 e. The van der Waals surface area contributed by atoms with E-state index >= 15 is 0 Å². The summed E-state index contributed by atoms with van der Waals surface area (Å²) in [6.45, 7) is 0.559. The Morgan fingerprint density at radius 1 is 1.38 bits per heavy atom. The first-order chi connectivity index (χ1) is 6.24. The summed E-state index contributed by atoms with van der Waals surface area (Å²) in [5.41, 5.74) is 0.876. The van der Waals surface area contributed by atoms with Gasteiger partial charge in [-0.25, -0.2) is 0 Å². The Morgan fingerprint density at radius 2 is 2.00 bits per heavy atom. The zero-order chi connectivity index (χ0) is 9.68. The molecule has 0 aliphatic heterocycles. The Morgan fingerprint density at radius 3 is 2.54 bits per heavy atom. The van der Waals surface area contributed by atoms with Crippen LogP contribution in [0, 0.1) is 0 Å². The molecule has 0 fully saturated rings. The van der Waals surface area contributed by atoms with Crippen LogP contribution >= 0.6 is 11.6 Å². The first-order valence-electron chi connectivity index (χ1n) is 4.16. The molecule has 0 aliphatic rings. The number of aliphatic hydroxyl groups is 1. The molecule has 1 N–H and O–H groups in total. The molecule has 1 rings (SSSR count). The van der Waals surface area contributed by atoms with E-state index in [2.05, 4.69) is 0 Å². The molecule has 1 unspecified atom stereocenters. The third-order valence-corrected chi connectivity index (χ3v) is 2.10. The van der Waals surface area contributed by atoms with Gasteiger partial charge in [-0.2, -0.15) is 0 Å². The summed E-state index contributed by atoms with van der Waals surface area (Å²) in [6, 6.07) is 7.19. The minimum Gasteiger partial charge on any atom is -0.388 e. The van der Waals surface area contributed by atoms with E-state index in [1.165, 1.54) is 0 Å². The molecule has 0 aromatic heterocycles. The lowest BCUT2D eigenvalue weighted by Gasteiger charge is -2.09. The normalized spacial score (nSPS) is 12.8. The molecule has 1 aromatic carbocycles. The van der Waals surface area contributed by atoms with Crippen LogP contribution in [-0.4, -0.2) is 18.8 Å². The van der Waals surface area contributed by atoms with Gasteiger partial charge in [0, 0.05) is 25.2 Å².